The fourth-order valence-electron chi connectivity index (χ4n) is 2.06. The minimum absolute atomic E-state index is 0.313. The van der Waals surface area contributed by atoms with E-state index in [1.807, 2.05) is 19.1 Å². The molecule has 2 rings (SSSR count). The second-order valence-corrected chi connectivity index (χ2v) is 6.18. The molecule has 26 heavy (non-hydrogen) atoms. The molecule has 2 aromatic carbocycles. The number of hydrogen-bond donors (Lipinski definition) is 2. The lowest BCUT2D eigenvalue weighted by molar-refractivity contribution is -0.126. The van der Waals surface area contributed by atoms with E-state index in [-0.39, 0.29) is 6.42 Å². The third-order valence-corrected chi connectivity index (χ3v) is 4.13. The molecule has 2 N–H and O–H groups in total. The molecule has 0 atom stereocenters. The van der Waals surface area contributed by atoms with Crippen molar-refractivity contribution in [3.05, 3.63) is 57.6 Å². The van der Waals surface area contributed by atoms with Gasteiger partial charge in [-0.2, -0.15) is 5.10 Å². The zero-order valence-electron chi connectivity index (χ0n) is 14.2. The maximum absolute atomic E-state index is 11.9. The molecule has 6 nitrogen and oxygen atoms in total. The Morgan fingerprint density at radius 1 is 1.12 bits per heavy atom. The average Bonchev–Trinajstić information content (AvgIpc) is 2.59. The third-order valence-electron chi connectivity index (χ3n) is 3.39. The molecule has 0 aliphatic rings. The van der Waals surface area contributed by atoms with Crippen LogP contribution in [0.5, 0.6) is 5.75 Å². The van der Waals surface area contributed by atoms with Gasteiger partial charge in [0.05, 0.1) is 23.4 Å². The van der Waals surface area contributed by atoms with Crippen molar-refractivity contribution < 1.29 is 14.3 Å². The summed E-state index contributed by atoms with van der Waals surface area (Å²) in [6.07, 6.45) is 1.13. The van der Waals surface area contributed by atoms with Crippen LogP contribution in [0.15, 0.2) is 41.5 Å². The Morgan fingerprint density at radius 3 is 2.54 bits per heavy atom. The number of carbonyl (C=O) groups excluding carboxylic acids is 2. The van der Waals surface area contributed by atoms with Crippen LogP contribution in [0.4, 0.5) is 5.69 Å². The van der Waals surface area contributed by atoms with Crippen LogP contribution in [-0.2, 0) is 9.59 Å². The van der Waals surface area contributed by atoms with Gasteiger partial charge in [0.1, 0.15) is 12.2 Å². The summed E-state index contributed by atoms with van der Waals surface area (Å²) in [5.74, 6) is -0.288. The first-order valence-corrected chi connectivity index (χ1v) is 8.36. The fourth-order valence-corrected chi connectivity index (χ4v) is 2.36. The van der Waals surface area contributed by atoms with Crippen LogP contribution in [0.25, 0.3) is 0 Å². The number of amides is 2. The zero-order valence-corrected chi connectivity index (χ0v) is 15.7. The number of hydrogen-bond acceptors (Lipinski definition) is 4. The number of aryl methyl sites for hydroxylation is 1. The number of methoxy groups -OCH3 is 1. The van der Waals surface area contributed by atoms with Gasteiger partial charge in [0.2, 0.25) is 11.8 Å². The molecule has 0 fully saturated rings. The van der Waals surface area contributed by atoms with Crippen molar-refractivity contribution in [3.8, 4) is 5.75 Å². The van der Waals surface area contributed by atoms with Crippen molar-refractivity contribution in [1.29, 1.82) is 0 Å². The molecule has 0 heterocycles. The van der Waals surface area contributed by atoms with Crippen molar-refractivity contribution >= 4 is 46.9 Å². The molecular formula is C18H17Cl2N3O3. The zero-order chi connectivity index (χ0) is 19.1. The molecule has 0 saturated carbocycles. The molecule has 0 spiro atoms. The van der Waals surface area contributed by atoms with E-state index in [1.165, 1.54) is 12.3 Å². The summed E-state index contributed by atoms with van der Waals surface area (Å²) in [7, 11) is 1.59. The fraction of sp³-hybridized carbons (Fsp3) is 0.167. The second kappa shape index (κ2) is 9.22. The number of ether oxygens (including phenoxy) is 1. The Bertz CT molecular complexity index is 854. The van der Waals surface area contributed by atoms with Crippen molar-refractivity contribution in [2.45, 2.75) is 13.3 Å². The van der Waals surface area contributed by atoms with Crippen molar-refractivity contribution in [2.75, 3.05) is 12.4 Å². The van der Waals surface area contributed by atoms with E-state index in [1.54, 1.807) is 25.3 Å². The molecule has 0 aliphatic carbocycles. The summed E-state index contributed by atoms with van der Waals surface area (Å²) in [6.45, 7) is 1.90. The quantitative estimate of drug-likeness (QED) is 0.445. The Balaban J connectivity index is 1.86. The smallest absolute Gasteiger partial charge is 0.249 e. The molecule has 0 radical (unpaired) electrons. The largest absolute Gasteiger partial charge is 0.497 e. The lowest BCUT2D eigenvalue weighted by atomic mass is 10.1. The van der Waals surface area contributed by atoms with Gasteiger partial charge in [-0.05, 0) is 54.4 Å². The first-order valence-electron chi connectivity index (χ1n) is 7.60. The van der Waals surface area contributed by atoms with Crippen LogP contribution in [0.3, 0.4) is 0 Å². The third kappa shape index (κ3) is 5.75. The van der Waals surface area contributed by atoms with Crippen LogP contribution in [-0.4, -0.2) is 25.1 Å². The van der Waals surface area contributed by atoms with Gasteiger partial charge in [0.25, 0.3) is 0 Å². The normalized spacial score (nSPS) is 10.6. The second-order valence-electron chi connectivity index (χ2n) is 5.37. The van der Waals surface area contributed by atoms with E-state index in [4.69, 9.17) is 27.9 Å². The van der Waals surface area contributed by atoms with E-state index in [2.05, 4.69) is 15.8 Å². The molecular weight excluding hydrogens is 377 g/mol. The van der Waals surface area contributed by atoms with Gasteiger partial charge in [-0.3, -0.25) is 9.59 Å². The Morgan fingerprint density at radius 2 is 1.88 bits per heavy atom. The number of carbonyl (C=O) groups is 2. The number of nitrogens with zero attached hydrogens (tertiary/aromatic N) is 1. The highest BCUT2D eigenvalue weighted by Gasteiger charge is 2.10. The average molecular weight is 394 g/mol. The summed E-state index contributed by atoms with van der Waals surface area (Å²) < 4.78 is 5.12. The molecule has 0 saturated heterocycles. The number of nitrogens with one attached hydrogen (secondary N) is 2. The van der Waals surface area contributed by atoms with E-state index in [9.17, 15) is 9.59 Å². The molecule has 2 aromatic rings. The predicted molar refractivity (Wildman–Crippen MR) is 103 cm³/mol. The van der Waals surface area contributed by atoms with Crippen LogP contribution in [0.2, 0.25) is 10.0 Å². The van der Waals surface area contributed by atoms with Crippen LogP contribution < -0.4 is 15.5 Å². The Kier molecular flexibility index (Phi) is 7.00. The number of hydrazone groups is 1. The van der Waals surface area contributed by atoms with E-state index in [0.717, 1.165) is 16.9 Å². The summed E-state index contributed by atoms with van der Waals surface area (Å²) in [4.78, 5) is 23.7. The van der Waals surface area contributed by atoms with Gasteiger partial charge in [-0.15, -0.1) is 0 Å². The highest BCUT2D eigenvalue weighted by atomic mass is 35.5. The lowest BCUT2D eigenvalue weighted by Crippen LogP contribution is -2.24. The number of benzene rings is 2. The number of halogens is 2. The molecule has 8 heteroatoms. The van der Waals surface area contributed by atoms with Crippen LogP contribution >= 0.6 is 23.2 Å². The van der Waals surface area contributed by atoms with Gasteiger partial charge < -0.3 is 10.1 Å². The van der Waals surface area contributed by atoms with Crippen molar-refractivity contribution in [3.63, 3.8) is 0 Å². The van der Waals surface area contributed by atoms with Crippen molar-refractivity contribution in [1.82, 2.24) is 5.43 Å². The molecule has 0 bridgehead atoms. The molecule has 0 unspecified atom stereocenters. The van der Waals surface area contributed by atoms with Gasteiger partial charge in [-0.25, -0.2) is 5.43 Å². The first kappa shape index (κ1) is 19.8. The van der Waals surface area contributed by atoms with Gasteiger partial charge in [-0.1, -0.05) is 23.2 Å². The number of rotatable bonds is 6. The van der Waals surface area contributed by atoms with Crippen LogP contribution in [0.1, 0.15) is 17.5 Å². The SMILES string of the molecule is COc1ccc(C=NNC(=O)CC(=O)Nc2ccc(Cl)c(Cl)c2)c(C)c1. The first-order chi connectivity index (χ1) is 12.4. The minimum Gasteiger partial charge on any atom is -0.497 e. The Labute approximate surface area is 161 Å². The van der Waals surface area contributed by atoms with E-state index >= 15 is 0 Å². The maximum atomic E-state index is 11.9. The van der Waals surface area contributed by atoms with Crippen LogP contribution in [0, 0.1) is 6.92 Å². The number of anilines is 1. The summed E-state index contributed by atoms with van der Waals surface area (Å²) in [6, 6.07) is 10.1. The molecule has 2 amide bonds. The van der Waals surface area contributed by atoms with Crippen molar-refractivity contribution in [2.24, 2.45) is 5.10 Å². The van der Waals surface area contributed by atoms with E-state index in [0.29, 0.717) is 15.7 Å². The minimum atomic E-state index is -0.537. The topological polar surface area (TPSA) is 79.8 Å². The standard InChI is InChI=1S/C18H17Cl2N3O3/c1-11-7-14(26-2)5-3-12(11)10-21-23-18(25)9-17(24)22-13-4-6-15(19)16(20)8-13/h3-8,10H,9H2,1-2H3,(H,22,24)(H,23,25). The molecule has 136 valence electrons. The summed E-state index contributed by atoms with van der Waals surface area (Å²) in [5, 5.41) is 7.12. The highest BCUT2D eigenvalue weighted by molar-refractivity contribution is 6.42. The molecule has 0 aliphatic heterocycles. The predicted octanol–water partition coefficient (Wildman–Crippen LogP) is 3.79. The highest BCUT2D eigenvalue weighted by Crippen LogP contribution is 2.25. The summed E-state index contributed by atoms with van der Waals surface area (Å²) >= 11 is 11.7. The maximum Gasteiger partial charge on any atom is 0.249 e. The van der Waals surface area contributed by atoms with Gasteiger partial charge >= 0.3 is 0 Å². The van der Waals surface area contributed by atoms with E-state index < -0.39 is 11.8 Å². The lowest BCUT2D eigenvalue weighted by Gasteiger charge is -2.06. The monoisotopic (exact) mass is 393 g/mol. The van der Waals surface area contributed by atoms with Gasteiger partial charge in [0, 0.05) is 5.69 Å². The van der Waals surface area contributed by atoms with Gasteiger partial charge in [0.15, 0.2) is 0 Å². The Hall–Kier alpha value is -2.57. The summed E-state index contributed by atoms with van der Waals surface area (Å²) in [5.41, 5.74) is 4.54. The molecule has 0 aromatic heterocycles.